The molecule has 0 saturated carbocycles. The van der Waals surface area contributed by atoms with Crippen molar-refractivity contribution in [1.29, 1.82) is 0 Å². The second kappa shape index (κ2) is 13.8. The van der Waals surface area contributed by atoms with Gasteiger partial charge in [0.1, 0.15) is 11.4 Å². The zero-order valence-electron chi connectivity index (χ0n) is 23.9. The van der Waals surface area contributed by atoms with Crippen LogP contribution in [0.1, 0.15) is 58.4 Å². The summed E-state index contributed by atoms with van der Waals surface area (Å²) in [4.78, 5) is 30.0. The van der Waals surface area contributed by atoms with Gasteiger partial charge in [-0.15, -0.1) is 0 Å². The van der Waals surface area contributed by atoms with E-state index >= 15 is 0 Å². The molecule has 0 radical (unpaired) electrons. The van der Waals surface area contributed by atoms with Crippen molar-refractivity contribution >= 4 is 12.1 Å². The lowest BCUT2D eigenvalue weighted by Crippen LogP contribution is -2.59. The van der Waals surface area contributed by atoms with Crippen LogP contribution in [-0.2, 0) is 15.9 Å². The summed E-state index contributed by atoms with van der Waals surface area (Å²) in [6.07, 6.45) is 5.66. The van der Waals surface area contributed by atoms with E-state index < -0.39 is 5.60 Å². The van der Waals surface area contributed by atoms with E-state index in [0.717, 1.165) is 65.0 Å². The highest BCUT2D eigenvalue weighted by atomic mass is 19.1. The summed E-state index contributed by atoms with van der Waals surface area (Å²) in [5.74, 6) is 1.01. The lowest BCUT2D eigenvalue weighted by Gasteiger charge is -2.42. The Morgan fingerprint density at radius 2 is 1.77 bits per heavy atom. The molecule has 3 amide bonds. The Bertz CT molecular complexity index is 932. The molecule has 9 heteroatoms. The predicted octanol–water partition coefficient (Wildman–Crippen LogP) is 4.43. The average Bonchev–Trinajstić information content (AvgIpc) is 2.90. The standard InChI is InChI=1S/C30H47FN4O4/c1-30(2,3)39-29(37)35-14-10-25(27(21-35)33-28(36)32-18-23-11-15-38-16-12-23)20-34-13-4-5-24(19-34)17-22-6-8-26(31)9-7-22/h6-9,23-25,27H,4-5,10-21H2,1-3H3,(H2,32,33,36)/t24?,25-,27-/m0/s1. The molecule has 8 nitrogen and oxygen atoms in total. The van der Waals surface area contributed by atoms with Crippen molar-refractivity contribution in [2.75, 3.05) is 52.5 Å². The molecule has 0 aromatic heterocycles. The highest BCUT2D eigenvalue weighted by molar-refractivity contribution is 5.74. The van der Waals surface area contributed by atoms with Gasteiger partial charge in [0.25, 0.3) is 0 Å². The minimum absolute atomic E-state index is 0.154. The number of hydrogen-bond acceptors (Lipinski definition) is 5. The third-order valence-corrected chi connectivity index (χ3v) is 8.15. The molecular formula is C30H47FN4O4. The van der Waals surface area contributed by atoms with E-state index in [1.807, 2.05) is 32.9 Å². The van der Waals surface area contributed by atoms with Gasteiger partial charge in [-0.2, -0.15) is 0 Å². The Kier molecular flexibility index (Phi) is 10.5. The fourth-order valence-corrected chi connectivity index (χ4v) is 6.05. The van der Waals surface area contributed by atoms with E-state index in [1.54, 1.807) is 4.90 Å². The first-order valence-corrected chi connectivity index (χ1v) is 14.7. The van der Waals surface area contributed by atoms with Crippen molar-refractivity contribution in [3.8, 4) is 0 Å². The number of carbonyl (C=O) groups excluding carboxylic acids is 2. The van der Waals surface area contributed by atoms with E-state index in [4.69, 9.17) is 9.47 Å². The van der Waals surface area contributed by atoms with Crippen molar-refractivity contribution in [1.82, 2.24) is 20.4 Å². The molecule has 1 unspecified atom stereocenters. The van der Waals surface area contributed by atoms with Crippen LogP contribution in [0.3, 0.4) is 0 Å². The van der Waals surface area contributed by atoms with Crippen LogP contribution >= 0.6 is 0 Å². The molecule has 3 fully saturated rings. The zero-order valence-corrected chi connectivity index (χ0v) is 23.9. The first kappa shape index (κ1) is 29.6. The van der Waals surface area contributed by atoms with Crippen molar-refractivity contribution in [3.63, 3.8) is 0 Å². The van der Waals surface area contributed by atoms with Crippen LogP contribution in [0.15, 0.2) is 24.3 Å². The number of rotatable bonds is 7. The average molecular weight is 547 g/mol. The van der Waals surface area contributed by atoms with Gasteiger partial charge >= 0.3 is 12.1 Å². The molecule has 4 rings (SSSR count). The molecule has 2 N–H and O–H groups in total. The Balaban J connectivity index is 1.35. The number of carbonyl (C=O) groups is 2. The van der Waals surface area contributed by atoms with Gasteiger partial charge in [-0.25, -0.2) is 14.0 Å². The fourth-order valence-electron chi connectivity index (χ4n) is 6.05. The number of nitrogens with zero attached hydrogens (tertiary/aromatic N) is 2. The summed E-state index contributed by atoms with van der Waals surface area (Å²) in [6.45, 7) is 11.7. The van der Waals surface area contributed by atoms with Gasteiger partial charge in [0, 0.05) is 45.9 Å². The Labute approximate surface area is 233 Å². The smallest absolute Gasteiger partial charge is 0.410 e. The zero-order chi connectivity index (χ0) is 27.8. The number of ether oxygens (including phenoxy) is 2. The van der Waals surface area contributed by atoms with Crippen LogP contribution in [0.25, 0.3) is 0 Å². The number of urea groups is 1. The molecule has 3 aliphatic heterocycles. The first-order chi connectivity index (χ1) is 18.6. The van der Waals surface area contributed by atoms with Crippen LogP contribution in [0.2, 0.25) is 0 Å². The third kappa shape index (κ3) is 9.64. The molecule has 3 saturated heterocycles. The topological polar surface area (TPSA) is 83.1 Å². The largest absolute Gasteiger partial charge is 0.444 e. The number of hydrogen-bond donors (Lipinski definition) is 2. The maximum absolute atomic E-state index is 13.3. The highest BCUT2D eigenvalue weighted by Crippen LogP contribution is 2.26. The molecule has 3 aliphatic rings. The number of likely N-dealkylation sites (tertiary alicyclic amines) is 2. The number of benzene rings is 1. The summed E-state index contributed by atoms with van der Waals surface area (Å²) in [5, 5.41) is 6.27. The van der Waals surface area contributed by atoms with Crippen molar-refractivity contribution in [2.45, 2.75) is 70.9 Å². The Morgan fingerprint density at radius 1 is 1.03 bits per heavy atom. The minimum atomic E-state index is -0.564. The molecule has 218 valence electrons. The highest BCUT2D eigenvalue weighted by Gasteiger charge is 2.36. The summed E-state index contributed by atoms with van der Waals surface area (Å²) in [5.41, 5.74) is 0.611. The van der Waals surface area contributed by atoms with Gasteiger partial charge in [-0.05, 0) is 101 Å². The molecule has 0 bridgehead atoms. The van der Waals surface area contributed by atoms with Gasteiger partial charge in [-0.3, -0.25) is 0 Å². The predicted molar refractivity (Wildman–Crippen MR) is 149 cm³/mol. The molecule has 1 aromatic carbocycles. The van der Waals surface area contributed by atoms with E-state index in [2.05, 4.69) is 15.5 Å². The van der Waals surface area contributed by atoms with Crippen LogP contribution < -0.4 is 10.6 Å². The van der Waals surface area contributed by atoms with Crippen molar-refractivity contribution in [3.05, 3.63) is 35.6 Å². The second-order valence-electron chi connectivity index (χ2n) is 12.6. The Hall–Kier alpha value is -2.39. The maximum Gasteiger partial charge on any atom is 0.410 e. The number of halogens is 1. The van der Waals surface area contributed by atoms with Crippen LogP contribution in [0.4, 0.5) is 14.0 Å². The van der Waals surface area contributed by atoms with Gasteiger partial charge < -0.3 is 29.9 Å². The quantitative estimate of drug-likeness (QED) is 0.529. The minimum Gasteiger partial charge on any atom is -0.444 e. The lowest BCUT2D eigenvalue weighted by molar-refractivity contribution is 0.0112. The molecule has 3 heterocycles. The van der Waals surface area contributed by atoms with E-state index in [0.29, 0.717) is 31.5 Å². The molecule has 0 aliphatic carbocycles. The molecule has 0 spiro atoms. The monoisotopic (exact) mass is 546 g/mol. The van der Waals surface area contributed by atoms with Gasteiger partial charge in [0.2, 0.25) is 0 Å². The van der Waals surface area contributed by atoms with Gasteiger partial charge in [-0.1, -0.05) is 12.1 Å². The molecular weight excluding hydrogens is 499 g/mol. The first-order valence-electron chi connectivity index (χ1n) is 14.7. The third-order valence-electron chi connectivity index (χ3n) is 8.15. The van der Waals surface area contributed by atoms with E-state index in [9.17, 15) is 14.0 Å². The van der Waals surface area contributed by atoms with Crippen LogP contribution in [-0.4, -0.2) is 86.0 Å². The maximum atomic E-state index is 13.3. The number of nitrogens with one attached hydrogen (secondary N) is 2. The second-order valence-corrected chi connectivity index (χ2v) is 12.6. The fraction of sp³-hybridized carbons (Fsp3) is 0.733. The Morgan fingerprint density at radius 3 is 2.49 bits per heavy atom. The summed E-state index contributed by atoms with van der Waals surface area (Å²) < 4.78 is 24.4. The summed E-state index contributed by atoms with van der Waals surface area (Å²) >= 11 is 0. The van der Waals surface area contributed by atoms with E-state index in [-0.39, 0.29) is 29.9 Å². The SMILES string of the molecule is CC(C)(C)OC(=O)N1CC[C@@H](CN2CCCC(Cc3ccc(F)cc3)C2)[C@@H](NC(=O)NCC2CCOCC2)C1. The molecule has 39 heavy (non-hydrogen) atoms. The molecule has 3 atom stereocenters. The normalized spacial score (nSPS) is 25.2. The van der Waals surface area contributed by atoms with Gasteiger partial charge in [0.05, 0.1) is 6.04 Å². The van der Waals surface area contributed by atoms with Crippen LogP contribution in [0, 0.1) is 23.6 Å². The van der Waals surface area contributed by atoms with Crippen molar-refractivity contribution in [2.24, 2.45) is 17.8 Å². The van der Waals surface area contributed by atoms with Gasteiger partial charge in [0.15, 0.2) is 0 Å². The van der Waals surface area contributed by atoms with E-state index in [1.165, 1.54) is 24.1 Å². The molecule has 1 aromatic rings. The van der Waals surface area contributed by atoms with Crippen molar-refractivity contribution < 1.29 is 23.5 Å². The van der Waals surface area contributed by atoms with Crippen LogP contribution in [0.5, 0.6) is 0 Å². The number of amides is 3. The number of piperidine rings is 2. The lowest BCUT2D eigenvalue weighted by atomic mass is 9.87. The summed E-state index contributed by atoms with van der Waals surface area (Å²) in [7, 11) is 0. The summed E-state index contributed by atoms with van der Waals surface area (Å²) in [6, 6.07) is 6.53.